The van der Waals surface area contributed by atoms with E-state index in [9.17, 15) is 0 Å². The zero-order valence-electron chi connectivity index (χ0n) is 13.9. The van der Waals surface area contributed by atoms with E-state index < -0.39 is 0 Å². The topological polar surface area (TPSA) is 14.2 Å². The summed E-state index contributed by atoms with van der Waals surface area (Å²) in [7, 11) is 1.77. The quantitative estimate of drug-likeness (QED) is 0.802. The lowest BCUT2D eigenvalue weighted by Crippen LogP contribution is -2.14. The van der Waals surface area contributed by atoms with E-state index in [0.29, 0.717) is 0 Å². The molecule has 0 unspecified atom stereocenters. The van der Waals surface area contributed by atoms with Gasteiger partial charge >= 0.3 is 0 Å². The van der Waals surface area contributed by atoms with E-state index in [4.69, 9.17) is 4.74 Å². The molecule has 2 aromatic rings. The fourth-order valence-electron chi connectivity index (χ4n) is 3.32. The molecule has 0 radical (unpaired) electrons. The summed E-state index contributed by atoms with van der Waals surface area (Å²) in [5.74, 6) is 0. The van der Waals surface area contributed by atoms with Gasteiger partial charge < -0.3 is 9.30 Å². The van der Waals surface area contributed by atoms with E-state index in [1.165, 1.54) is 33.3 Å². The molecular formula is C18H27NO. The van der Waals surface area contributed by atoms with Crippen molar-refractivity contribution in [2.45, 2.75) is 53.5 Å². The zero-order chi connectivity index (χ0) is 15.1. The summed E-state index contributed by atoms with van der Waals surface area (Å²) < 4.78 is 7.73. The van der Waals surface area contributed by atoms with Crippen molar-refractivity contribution in [2.24, 2.45) is 0 Å². The highest BCUT2D eigenvalue weighted by Crippen LogP contribution is 2.38. The summed E-state index contributed by atoms with van der Waals surface area (Å²) >= 11 is 0. The van der Waals surface area contributed by atoms with Crippen LogP contribution < -0.4 is 0 Å². The minimum absolute atomic E-state index is 0.152. The van der Waals surface area contributed by atoms with E-state index in [-0.39, 0.29) is 5.41 Å². The number of rotatable bonds is 3. The minimum atomic E-state index is 0.152. The van der Waals surface area contributed by atoms with Crippen molar-refractivity contribution in [3.05, 3.63) is 34.5 Å². The van der Waals surface area contributed by atoms with Gasteiger partial charge in [-0.1, -0.05) is 32.9 Å². The molecule has 2 rings (SSSR count). The normalized spacial score (nSPS) is 12.3. The Balaban J connectivity index is 2.86. The molecular weight excluding hydrogens is 246 g/mol. The third-order valence-electron chi connectivity index (χ3n) is 4.14. The smallest absolute Gasteiger partial charge is 0.0642 e. The molecule has 0 aliphatic carbocycles. The number of aromatic nitrogens is 1. The van der Waals surface area contributed by atoms with E-state index in [2.05, 4.69) is 58.2 Å². The van der Waals surface area contributed by atoms with Gasteiger partial charge in [0.05, 0.1) is 12.1 Å². The Morgan fingerprint density at radius 3 is 2.20 bits per heavy atom. The first kappa shape index (κ1) is 15.1. The van der Waals surface area contributed by atoms with Crippen LogP contribution in [-0.2, 0) is 16.7 Å². The molecule has 0 saturated carbocycles. The number of nitrogens with zero attached hydrogens (tertiary/aromatic N) is 1. The zero-order valence-corrected chi connectivity index (χ0v) is 13.9. The van der Waals surface area contributed by atoms with E-state index in [1.807, 2.05) is 0 Å². The highest BCUT2D eigenvalue weighted by atomic mass is 16.5. The largest absolute Gasteiger partial charge is 0.383 e. The van der Waals surface area contributed by atoms with Gasteiger partial charge in [0.15, 0.2) is 0 Å². The molecule has 0 amide bonds. The van der Waals surface area contributed by atoms with Gasteiger partial charge in [0, 0.05) is 24.7 Å². The number of methoxy groups -OCH3 is 1. The maximum Gasteiger partial charge on any atom is 0.0642 e. The van der Waals surface area contributed by atoms with Crippen molar-refractivity contribution in [1.82, 2.24) is 4.57 Å². The van der Waals surface area contributed by atoms with Crippen molar-refractivity contribution < 1.29 is 4.74 Å². The third kappa shape index (κ3) is 2.37. The number of hydrogen-bond donors (Lipinski definition) is 0. The van der Waals surface area contributed by atoms with Gasteiger partial charge in [0.25, 0.3) is 0 Å². The van der Waals surface area contributed by atoms with Gasteiger partial charge in [0.2, 0.25) is 0 Å². The lowest BCUT2D eigenvalue weighted by molar-refractivity contribution is 0.188. The molecule has 20 heavy (non-hydrogen) atoms. The van der Waals surface area contributed by atoms with E-state index in [0.717, 1.165) is 13.2 Å². The fourth-order valence-corrected chi connectivity index (χ4v) is 3.32. The average molecular weight is 273 g/mol. The lowest BCUT2D eigenvalue weighted by atomic mass is 9.83. The molecule has 0 atom stereocenters. The predicted octanol–water partition coefficient (Wildman–Crippen LogP) is 4.51. The standard InChI is InChI=1S/C18H27NO/c1-12-8-9-13(2)17-15(12)16(18(4,5)6)14(3)19(17)10-11-20-7/h8-9H,10-11H2,1-7H3. The molecule has 0 fully saturated rings. The Hall–Kier alpha value is -1.28. The molecule has 0 saturated heterocycles. The number of aryl methyl sites for hydroxylation is 2. The molecule has 1 aromatic carbocycles. The molecule has 0 spiro atoms. The van der Waals surface area contributed by atoms with Crippen LogP contribution in [0.3, 0.4) is 0 Å². The second-order valence-electron chi connectivity index (χ2n) is 6.78. The highest BCUT2D eigenvalue weighted by Gasteiger charge is 2.25. The van der Waals surface area contributed by atoms with Gasteiger partial charge in [-0.05, 0) is 42.9 Å². The monoisotopic (exact) mass is 273 g/mol. The first-order chi connectivity index (χ1) is 9.29. The third-order valence-corrected chi connectivity index (χ3v) is 4.14. The minimum Gasteiger partial charge on any atom is -0.383 e. The summed E-state index contributed by atoms with van der Waals surface area (Å²) in [6.45, 7) is 15.2. The number of ether oxygens (including phenoxy) is 1. The Bertz CT molecular complexity index is 629. The van der Waals surface area contributed by atoms with E-state index >= 15 is 0 Å². The molecule has 0 aliphatic heterocycles. The number of hydrogen-bond acceptors (Lipinski definition) is 1. The first-order valence-electron chi connectivity index (χ1n) is 7.37. The summed E-state index contributed by atoms with van der Waals surface area (Å²) in [5, 5.41) is 1.44. The Kier molecular flexibility index (Phi) is 3.97. The molecule has 2 nitrogen and oxygen atoms in total. The maximum absolute atomic E-state index is 5.29. The molecule has 0 N–H and O–H groups in total. The van der Waals surface area contributed by atoms with E-state index in [1.54, 1.807) is 7.11 Å². The lowest BCUT2D eigenvalue weighted by Gasteiger charge is -2.20. The van der Waals surface area contributed by atoms with Crippen LogP contribution >= 0.6 is 0 Å². The van der Waals surface area contributed by atoms with Crippen LogP contribution in [0.2, 0.25) is 0 Å². The number of fused-ring (bicyclic) bond motifs is 1. The Labute approximate surface area is 122 Å². The SMILES string of the molecule is COCCn1c(C)c(C(C)(C)C)c2c(C)ccc(C)c21. The molecule has 110 valence electrons. The molecule has 0 bridgehead atoms. The second-order valence-corrected chi connectivity index (χ2v) is 6.78. The first-order valence-corrected chi connectivity index (χ1v) is 7.37. The van der Waals surface area contributed by atoms with Crippen LogP contribution in [0.15, 0.2) is 12.1 Å². The van der Waals surface area contributed by atoms with Gasteiger partial charge in [-0.2, -0.15) is 0 Å². The molecule has 2 heteroatoms. The van der Waals surface area contributed by atoms with Crippen molar-refractivity contribution in [2.75, 3.05) is 13.7 Å². The average Bonchev–Trinajstić information content (AvgIpc) is 2.65. The summed E-state index contributed by atoms with van der Waals surface area (Å²) in [4.78, 5) is 0. The Morgan fingerprint density at radius 2 is 1.65 bits per heavy atom. The maximum atomic E-state index is 5.29. The second kappa shape index (κ2) is 5.25. The van der Waals surface area contributed by atoms with Crippen molar-refractivity contribution in [3.8, 4) is 0 Å². The molecule has 0 aliphatic rings. The molecule has 1 heterocycles. The molecule has 1 aromatic heterocycles. The van der Waals surface area contributed by atoms with Crippen LogP contribution in [0.4, 0.5) is 0 Å². The number of benzene rings is 1. The summed E-state index contributed by atoms with van der Waals surface area (Å²) in [6.07, 6.45) is 0. The van der Waals surface area contributed by atoms with Gasteiger partial charge in [-0.15, -0.1) is 0 Å². The summed E-state index contributed by atoms with van der Waals surface area (Å²) in [6, 6.07) is 4.47. The van der Waals surface area contributed by atoms with Crippen LogP contribution in [0.1, 0.15) is 43.2 Å². The Morgan fingerprint density at radius 1 is 1.05 bits per heavy atom. The highest BCUT2D eigenvalue weighted by molar-refractivity contribution is 5.92. The van der Waals surface area contributed by atoms with Crippen molar-refractivity contribution in [1.29, 1.82) is 0 Å². The van der Waals surface area contributed by atoms with Crippen LogP contribution in [0.25, 0.3) is 10.9 Å². The van der Waals surface area contributed by atoms with Crippen molar-refractivity contribution >= 4 is 10.9 Å². The van der Waals surface area contributed by atoms with Gasteiger partial charge in [-0.25, -0.2) is 0 Å². The van der Waals surface area contributed by atoms with Crippen LogP contribution in [0.5, 0.6) is 0 Å². The van der Waals surface area contributed by atoms with Crippen LogP contribution in [0, 0.1) is 20.8 Å². The summed E-state index contributed by atoms with van der Waals surface area (Å²) in [5.41, 5.74) is 7.10. The predicted molar refractivity (Wildman–Crippen MR) is 86.7 cm³/mol. The van der Waals surface area contributed by atoms with Gasteiger partial charge in [0.1, 0.15) is 0 Å². The van der Waals surface area contributed by atoms with Crippen LogP contribution in [-0.4, -0.2) is 18.3 Å². The van der Waals surface area contributed by atoms with Gasteiger partial charge in [-0.3, -0.25) is 0 Å². The fraction of sp³-hybridized carbons (Fsp3) is 0.556. The van der Waals surface area contributed by atoms with Crippen molar-refractivity contribution in [3.63, 3.8) is 0 Å².